The molecule has 4 nitrogen and oxygen atoms in total. The number of nitrogen functional groups attached to an aromatic ring is 1. The molecule has 0 amide bonds. The molecule has 1 heterocycles. The average molecular weight is 313 g/mol. The Labute approximate surface area is 127 Å². The Kier molecular flexibility index (Phi) is 4.93. The standard InChI is InChI=1S/C14H14Cl2N2O2/c1-2-5-19-14-12(17)3-4-13(18-14)20-11-7-9(15)6-10(16)8-11/h3-4,6-8H,2,5,17H2,1H3. The molecule has 0 spiro atoms. The second kappa shape index (κ2) is 6.68. The summed E-state index contributed by atoms with van der Waals surface area (Å²) < 4.78 is 11.0. The molecule has 6 heteroatoms. The van der Waals surface area contributed by atoms with Crippen molar-refractivity contribution < 1.29 is 9.47 Å². The molecule has 2 N–H and O–H groups in total. The van der Waals surface area contributed by atoms with Crippen molar-refractivity contribution in [1.29, 1.82) is 0 Å². The quantitative estimate of drug-likeness (QED) is 0.879. The molecule has 0 bridgehead atoms. The van der Waals surface area contributed by atoms with Crippen molar-refractivity contribution in [1.82, 2.24) is 4.98 Å². The number of nitrogens with two attached hydrogens (primary N) is 1. The van der Waals surface area contributed by atoms with Crippen molar-refractivity contribution in [2.75, 3.05) is 12.3 Å². The van der Waals surface area contributed by atoms with Gasteiger partial charge < -0.3 is 15.2 Å². The van der Waals surface area contributed by atoms with Crippen molar-refractivity contribution in [2.45, 2.75) is 13.3 Å². The molecule has 0 radical (unpaired) electrons. The van der Waals surface area contributed by atoms with Gasteiger partial charge in [0, 0.05) is 16.1 Å². The lowest BCUT2D eigenvalue weighted by Gasteiger charge is -2.10. The molecule has 0 aliphatic rings. The van der Waals surface area contributed by atoms with Gasteiger partial charge in [0.05, 0.1) is 12.3 Å². The van der Waals surface area contributed by atoms with Crippen LogP contribution in [0.25, 0.3) is 0 Å². The molecule has 20 heavy (non-hydrogen) atoms. The first-order valence-electron chi connectivity index (χ1n) is 6.11. The third kappa shape index (κ3) is 3.92. The van der Waals surface area contributed by atoms with Gasteiger partial charge in [0.25, 0.3) is 0 Å². The van der Waals surface area contributed by atoms with Crippen LogP contribution in [-0.2, 0) is 0 Å². The highest BCUT2D eigenvalue weighted by molar-refractivity contribution is 6.34. The molecular formula is C14H14Cl2N2O2. The van der Waals surface area contributed by atoms with E-state index < -0.39 is 0 Å². The van der Waals surface area contributed by atoms with Gasteiger partial charge in [-0.05, 0) is 30.7 Å². The number of anilines is 1. The van der Waals surface area contributed by atoms with Crippen molar-refractivity contribution in [3.63, 3.8) is 0 Å². The molecule has 0 saturated carbocycles. The molecule has 1 aromatic carbocycles. The highest BCUT2D eigenvalue weighted by Crippen LogP contribution is 2.29. The van der Waals surface area contributed by atoms with Crippen LogP contribution in [0.5, 0.6) is 17.5 Å². The molecule has 0 aliphatic carbocycles. The number of halogens is 2. The van der Waals surface area contributed by atoms with Crippen molar-refractivity contribution in [3.8, 4) is 17.5 Å². The van der Waals surface area contributed by atoms with Gasteiger partial charge in [-0.25, -0.2) is 0 Å². The highest BCUT2D eigenvalue weighted by Gasteiger charge is 2.07. The Balaban J connectivity index is 2.20. The van der Waals surface area contributed by atoms with Gasteiger partial charge in [-0.3, -0.25) is 0 Å². The minimum atomic E-state index is 0.359. The molecule has 0 unspecified atom stereocenters. The lowest BCUT2D eigenvalue weighted by Crippen LogP contribution is -2.02. The van der Waals surface area contributed by atoms with Crippen molar-refractivity contribution in [3.05, 3.63) is 40.4 Å². The largest absolute Gasteiger partial charge is 0.476 e. The summed E-state index contributed by atoms with van der Waals surface area (Å²) in [5.74, 6) is 1.22. The van der Waals surface area contributed by atoms with Gasteiger partial charge in [-0.2, -0.15) is 4.98 Å². The zero-order chi connectivity index (χ0) is 14.5. The predicted molar refractivity (Wildman–Crippen MR) is 81.0 cm³/mol. The van der Waals surface area contributed by atoms with Crippen LogP contribution in [0.4, 0.5) is 5.69 Å². The zero-order valence-electron chi connectivity index (χ0n) is 10.9. The third-order valence-electron chi connectivity index (χ3n) is 2.37. The summed E-state index contributed by atoms with van der Waals surface area (Å²) in [7, 11) is 0. The third-order valence-corrected chi connectivity index (χ3v) is 2.80. The Bertz CT molecular complexity index is 585. The topological polar surface area (TPSA) is 57.4 Å². The normalized spacial score (nSPS) is 10.3. The van der Waals surface area contributed by atoms with E-state index in [1.165, 1.54) is 0 Å². The van der Waals surface area contributed by atoms with Gasteiger partial charge in [0.15, 0.2) is 0 Å². The number of benzene rings is 1. The fourth-order valence-electron chi connectivity index (χ4n) is 1.51. The lowest BCUT2D eigenvalue weighted by molar-refractivity contribution is 0.302. The minimum Gasteiger partial charge on any atom is -0.476 e. The summed E-state index contributed by atoms with van der Waals surface area (Å²) in [5.41, 5.74) is 6.25. The molecule has 0 atom stereocenters. The lowest BCUT2D eigenvalue weighted by atomic mass is 10.3. The second-order valence-electron chi connectivity index (χ2n) is 4.10. The minimum absolute atomic E-state index is 0.359. The highest BCUT2D eigenvalue weighted by atomic mass is 35.5. The van der Waals surface area contributed by atoms with Crippen LogP contribution < -0.4 is 15.2 Å². The summed E-state index contributed by atoms with van der Waals surface area (Å²) in [6, 6.07) is 8.26. The van der Waals surface area contributed by atoms with Gasteiger partial charge >= 0.3 is 0 Å². The molecule has 0 fully saturated rings. The van der Waals surface area contributed by atoms with Gasteiger partial charge in [-0.15, -0.1) is 0 Å². The molecule has 2 aromatic rings. The first kappa shape index (κ1) is 14.8. The van der Waals surface area contributed by atoms with E-state index >= 15 is 0 Å². The number of hydrogen-bond donors (Lipinski definition) is 1. The molecule has 0 saturated heterocycles. The van der Waals surface area contributed by atoms with Crippen LogP contribution in [0.3, 0.4) is 0 Å². The van der Waals surface area contributed by atoms with Crippen molar-refractivity contribution >= 4 is 28.9 Å². The van der Waals surface area contributed by atoms with Crippen LogP contribution in [-0.4, -0.2) is 11.6 Å². The predicted octanol–water partition coefficient (Wildman–Crippen LogP) is 4.55. The van der Waals surface area contributed by atoms with E-state index in [9.17, 15) is 0 Å². The molecule has 106 valence electrons. The summed E-state index contributed by atoms with van der Waals surface area (Å²) >= 11 is 11.8. The number of aromatic nitrogens is 1. The summed E-state index contributed by atoms with van der Waals surface area (Å²) in [6.45, 7) is 2.55. The van der Waals surface area contributed by atoms with Crippen LogP contribution in [0, 0.1) is 0 Å². The van der Waals surface area contributed by atoms with E-state index in [0.29, 0.717) is 39.8 Å². The summed E-state index contributed by atoms with van der Waals surface area (Å²) in [5, 5.41) is 0.982. The maximum Gasteiger partial charge on any atom is 0.240 e. The van der Waals surface area contributed by atoms with Gasteiger partial charge in [-0.1, -0.05) is 30.1 Å². The first-order chi connectivity index (χ1) is 9.58. The molecule has 1 aromatic heterocycles. The molecule has 2 rings (SSSR count). The zero-order valence-corrected chi connectivity index (χ0v) is 12.4. The number of rotatable bonds is 5. The SMILES string of the molecule is CCCOc1nc(Oc2cc(Cl)cc(Cl)c2)ccc1N. The van der Waals surface area contributed by atoms with Crippen LogP contribution in [0.2, 0.25) is 10.0 Å². The Hall–Kier alpha value is -1.65. The van der Waals surface area contributed by atoms with Crippen molar-refractivity contribution in [2.24, 2.45) is 0 Å². The monoisotopic (exact) mass is 312 g/mol. The maximum absolute atomic E-state index is 5.91. The number of ether oxygens (including phenoxy) is 2. The molecule has 0 aliphatic heterocycles. The summed E-state index contributed by atoms with van der Waals surface area (Å²) in [4.78, 5) is 4.21. The van der Waals surface area contributed by atoms with Crippen LogP contribution in [0.15, 0.2) is 30.3 Å². The van der Waals surface area contributed by atoms with E-state index in [2.05, 4.69) is 4.98 Å². The van der Waals surface area contributed by atoms with E-state index in [1.54, 1.807) is 30.3 Å². The average Bonchev–Trinajstić information content (AvgIpc) is 2.38. The Morgan fingerprint density at radius 1 is 1.15 bits per heavy atom. The second-order valence-corrected chi connectivity index (χ2v) is 4.97. The Morgan fingerprint density at radius 2 is 1.85 bits per heavy atom. The van der Waals surface area contributed by atoms with E-state index in [0.717, 1.165) is 6.42 Å². The number of hydrogen-bond acceptors (Lipinski definition) is 4. The fourth-order valence-corrected chi connectivity index (χ4v) is 2.02. The summed E-state index contributed by atoms with van der Waals surface area (Å²) in [6.07, 6.45) is 0.871. The Morgan fingerprint density at radius 3 is 2.50 bits per heavy atom. The smallest absolute Gasteiger partial charge is 0.240 e. The molecular weight excluding hydrogens is 299 g/mol. The van der Waals surface area contributed by atoms with E-state index in [-0.39, 0.29) is 0 Å². The van der Waals surface area contributed by atoms with E-state index in [1.807, 2.05) is 6.92 Å². The van der Waals surface area contributed by atoms with Crippen LogP contribution in [0.1, 0.15) is 13.3 Å². The van der Waals surface area contributed by atoms with Crippen LogP contribution >= 0.6 is 23.2 Å². The van der Waals surface area contributed by atoms with E-state index in [4.69, 9.17) is 38.4 Å². The first-order valence-corrected chi connectivity index (χ1v) is 6.87. The van der Waals surface area contributed by atoms with Gasteiger partial charge in [0.2, 0.25) is 11.8 Å². The van der Waals surface area contributed by atoms with Gasteiger partial charge in [0.1, 0.15) is 5.75 Å². The maximum atomic E-state index is 5.91. The number of pyridine rings is 1. The fraction of sp³-hybridized carbons (Fsp3) is 0.214. The number of nitrogens with zero attached hydrogens (tertiary/aromatic N) is 1.